The van der Waals surface area contributed by atoms with Gasteiger partial charge in [0.1, 0.15) is 0 Å². The molecule has 104 valence electrons. The van der Waals surface area contributed by atoms with Gasteiger partial charge < -0.3 is 10.2 Å². The molecule has 0 spiro atoms. The largest absolute Gasteiger partial charge is 0.310 e. The third-order valence-electron chi connectivity index (χ3n) is 5.51. The molecule has 0 radical (unpaired) electrons. The summed E-state index contributed by atoms with van der Waals surface area (Å²) in [6.45, 7) is 7.70. The molecule has 3 fully saturated rings. The van der Waals surface area contributed by atoms with Crippen LogP contribution < -0.4 is 5.32 Å². The van der Waals surface area contributed by atoms with Gasteiger partial charge in [-0.25, -0.2) is 0 Å². The smallest absolute Gasteiger partial charge is 0.0309 e. The third-order valence-corrected chi connectivity index (χ3v) is 5.51. The van der Waals surface area contributed by atoms with Crippen molar-refractivity contribution < 1.29 is 0 Å². The van der Waals surface area contributed by atoms with Crippen LogP contribution in [-0.2, 0) is 0 Å². The average Bonchev–Trinajstić information content (AvgIpc) is 2.77. The molecule has 1 aliphatic carbocycles. The predicted octanol–water partition coefficient (Wildman–Crippen LogP) is 3.03. The Labute approximate surface area is 113 Å². The third kappa shape index (κ3) is 2.75. The maximum absolute atomic E-state index is 3.84. The summed E-state index contributed by atoms with van der Waals surface area (Å²) in [5, 5.41) is 3.84. The van der Waals surface area contributed by atoms with Gasteiger partial charge in [0.2, 0.25) is 0 Å². The first-order chi connectivity index (χ1) is 8.80. The van der Waals surface area contributed by atoms with Crippen molar-refractivity contribution in [2.75, 3.05) is 26.2 Å². The number of hydrogen-bond acceptors (Lipinski definition) is 2. The van der Waals surface area contributed by atoms with Crippen molar-refractivity contribution in [1.29, 1.82) is 0 Å². The van der Waals surface area contributed by atoms with Gasteiger partial charge >= 0.3 is 0 Å². The number of fused-ring (bicyclic) bond motifs is 2. The zero-order chi connectivity index (χ0) is 12.4. The van der Waals surface area contributed by atoms with Crippen molar-refractivity contribution in [2.45, 2.75) is 63.8 Å². The van der Waals surface area contributed by atoms with E-state index < -0.39 is 0 Å². The summed E-state index contributed by atoms with van der Waals surface area (Å²) in [5.41, 5.74) is 0.473. The molecule has 0 aromatic rings. The minimum Gasteiger partial charge on any atom is -0.310 e. The van der Waals surface area contributed by atoms with Crippen LogP contribution in [0.5, 0.6) is 0 Å². The maximum atomic E-state index is 3.84. The Hall–Kier alpha value is -0.0800. The van der Waals surface area contributed by atoms with Crippen LogP contribution in [0.2, 0.25) is 0 Å². The van der Waals surface area contributed by atoms with E-state index in [9.17, 15) is 0 Å². The molecule has 2 heteroatoms. The lowest BCUT2D eigenvalue weighted by atomic mass is 9.77. The Morgan fingerprint density at radius 3 is 2.56 bits per heavy atom. The zero-order valence-corrected chi connectivity index (χ0v) is 12.1. The first-order valence-corrected chi connectivity index (χ1v) is 8.27. The Morgan fingerprint density at radius 1 is 1.17 bits per heavy atom. The molecule has 2 nitrogen and oxygen atoms in total. The van der Waals surface area contributed by atoms with Gasteiger partial charge in [-0.15, -0.1) is 0 Å². The van der Waals surface area contributed by atoms with Gasteiger partial charge in [0, 0.05) is 25.2 Å². The quantitative estimate of drug-likeness (QED) is 0.825. The second-order valence-corrected chi connectivity index (χ2v) is 7.15. The van der Waals surface area contributed by atoms with E-state index in [0.29, 0.717) is 5.54 Å². The molecule has 3 unspecified atom stereocenters. The van der Waals surface area contributed by atoms with Gasteiger partial charge in [-0.05, 0) is 56.9 Å². The number of hydrogen-bond donors (Lipinski definition) is 1. The van der Waals surface area contributed by atoms with E-state index in [1.807, 2.05) is 0 Å². The summed E-state index contributed by atoms with van der Waals surface area (Å²) in [6.07, 6.45) is 11.5. The molecular weight excluding hydrogens is 220 g/mol. The number of nitrogens with zero attached hydrogens (tertiary/aromatic N) is 1. The van der Waals surface area contributed by atoms with Gasteiger partial charge in [-0.3, -0.25) is 0 Å². The Balaban J connectivity index is 1.60. The lowest BCUT2D eigenvalue weighted by molar-refractivity contribution is 0.0619. The molecule has 2 saturated heterocycles. The molecule has 1 saturated carbocycles. The van der Waals surface area contributed by atoms with E-state index in [1.165, 1.54) is 77.5 Å². The maximum Gasteiger partial charge on any atom is 0.0309 e. The van der Waals surface area contributed by atoms with Gasteiger partial charge in [-0.1, -0.05) is 19.8 Å². The van der Waals surface area contributed by atoms with Crippen molar-refractivity contribution in [3.8, 4) is 0 Å². The van der Waals surface area contributed by atoms with Crippen molar-refractivity contribution in [1.82, 2.24) is 10.2 Å². The molecule has 2 heterocycles. The fraction of sp³-hybridized carbons (Fsp3) is 1.00. The summed E-state index contributed by atoms with van der Waals surface area (Å²) < 4.78 is 0. The number of rotatable bonds is 4. The Kier molecular flexibility index (Phi) is 3.95. The summed E-state index contributed by atoms with van der Waals surface area (Å²) in [7, 11) is 0. The van der Waals surface area contributed by atoms with Crippen molar-refractivity contribution >= 4 is 0 Å². The first-order valence-electron chi connectivity index (χ1n) is 8.27. The van der Waals surface area contributed by atoms with Gasteiger partial charge in [-0.2, -0.15) is 0 Å². The highest BCUT2D eigenvalue weighted by Gasteiger charge is 2.37. The van der Waals surface area contributed by atoms with Crippen LogP contribution in [0.25, 0.3) is 0 Å². The van der Waals surface area contributed by atoms with Gasteiger partial charge in [0.15, 0.2) is 0 Å². The summed E-state index contributed by atoms with van der Waals surface area (Å²) in [6, 6.07) is 0. The van der Waals surface area contributed by atoms with Crippen LogP contribution in [0.3, 0.4) is 0 Å². The van der Waals surface area contributed by atoms with E-state index in [-0.39, 0.29) is 0 Å². The van der Waals surface area contributed by atoms with Crippen molar-refractivity contribution in [3.05, 3.63) is 0 Å². The standard InChI is InChI=1S/C16H30N2/c1-2-7-16(8-4-9-17-16)13-18-11-14-5-3-6-15(10-14)12-18/h14-15,17H,2-13H2,1H3. The van der Waals surface area contributed by atoms with Crippen LogP contribution in [0.1, 0.15) is 58.3 Å². The van der Waals surface area contributed by atoms with Crippen LogP contribution in [-0.4, -0.2) is 36.6 Å². The van der Waals surface area contributed by atoms with E-state index >= 15 is 0 Å². The van der Waals surface area contributed by atoms with Crippen LogP contribution >= 0.6 is 0 Å². The average molecular weight is 250 g/mol. The molecule has 3 atom stereocenters. The number of likely N-dealkylation sites (tertiary alicyclic amines) is 1. The monoisotopic (exact) mass is 250 g/mol. The highest BCUT2D eigenvalue weighted by atomic mass is 15.2. The fourth-order valence-electron chi connectivity index (χ4n) is 4.87. The minimum atomic E-state index is 0.473. The molecule has 0 amide bonds. The molecule has 18 heavy (non-hydrogen) atoms. The predicted molar refractivity (Wildman–Crippen MR) is 76.8 cm³/mol. The molecule has 2 aliphatic heterocycles. The van der Waals surface area contributed by atoms with Crippen LogP contribution in [0.4, 0.5) is 0 Å². The molecule has 0 aromatic heterocycles. The normalized spacial score (nSPS) is 41.2. The zero-order valence-electron chi connectivity index (χ0n) is 12.1. The second kappa shape index (κ2) is 5.50. The molecule has 3 rings (SSSR count). The fourth-order valence-corrected chi connectivity index (χ4v) is 4.87. The molecule has 2 bridgehead atoms. The van der Waals surface area contributed by atoms with E-state index in [0.717, 1.165) is 11.8 Å². The van der Waals surface area contributed by atoms with E-state index in [4.69, 9.17) is 0 Å². The topological polar surface area (TPSA) is 15.3 Å². The van der Waals surface area contributed by atoms with Gasteiger partial charge in [0.25, 0.3) is 0 Å². The van der Waals surface area contributed by atoms with Crippen molar-refractivity contribution in [2.24, 2.45) is 11.8 Å². The number of piperidine rings is 1. The summed E-state index contributed by atoms with van der Waals surface area (Å²) in [5.74, 6) is 2.05. The highest BCUT2D eigenvalue weighted by molar-refractivity contribution is 4.97. The van der Waals surface area contributed by atoms with E-state index in [2.05, 4.69) is 17.1 Å². The molecule has 1 N–H and O–H groups in total. The first kappa shape index (κ1) is 12.9. The van der Waals surface area contributed by atoms with E-state index in [1.54, 1.807) is 0 Å². The Morgan fingerprint density at radius 2 is 1.94 bits per heavy atom. The highest BCUT2D eigenvalue weighted by Crippen LogP contribution is 2.36. The second-order valence-electron chi connectivity index (χ2n) is 7.15. The van der Waals surface area contributed by atoms with Crippen LogP contribution in [0, 0.1) is 11.8 Å². The lowest BCUT2D eigenvalue weighted by Gasteiger charge is -2.45. The molecular formula is C16H30N2. The number of nitrogens with one attached hydrogen (secondary N) is 1. The molecule has 0 aromatic carbocycles. The summed E-state index contributed by atoms with van der Waals surface area (Å²) >= 11 is 0. The van der Waals surface area contributed by atoms with Crippen molar-refractivity contribution in [3.63, 3.8) is 0 Å². The van der Waals surface area contributed by atoms with Crippen LogP contribution in [0.15, 0.2) is 0 Å². The SMILES string of the molecule is CCCC1(CN2CC3CCCC(C3)C2)CCCN1. The summed E-state index contributed by atoms with van der Waals surface area (Å²) in [4.78, 5) is 2.81. The molecule has 3 aliphatic rings. The lowest BCUT2D eigenvalue weighted by Crippen LogP contribution is -2.54. The van der Waals surface area contributed by atoms with Gasteiger partial charge in [0.05, 0.1) is 0 Å². The minimum absolute atomic E-state index is 0.473. The Bertz CT molecular complexity index is 258.